The van der Waals surface area contributed by atoms with Gasteiger partial charge in [-0.25, -0.2) is 0 Å². The Hall–Kier alpha value is 0.459. The van der Waals surface area contributed by atoms with Crippen LogP contribution in [0.4, 0.5) is 0 Å². The maximum atomic E-state index is 2.76. The summed E-state index contributed by atoms with van der Waals surface area (Å²) in [5.41, 5.74) is 0. The van der Waals surface area contributed by atoms with Crippen molar-refractivity contribution in [2.45, 2.75) is 65.4 Å². The number of hydrogen-bond donors (Lipinski definition) is 0. The molecule has 0 spiro atoms. The fraction of sp³-hybridized carbons (Fsp3) is 1.00. The summed E-state index contributed by atoms with van der Waals surface area (Å²) >= 11 is 0. The van der Waals surface area contributed by atoms with Crippen molar-refractivity contribution in [3.05, 3.63) is 0 Å². The first kappa shape index (κ1) is 14.5. The lowest BCUT2D eigenvalue weighted by atomic mass is 9.88. The van der Waals surface area contributed by atoms with Gasteiger partial charge in [0, 0.05) is 0 Å². The second-order valence-electron chi connectivity index (χ2n) is 6.04. The van der Waals surface area contributed by atoms with Crippen molar-refractivity contribution in [2.24, 2.45) is 0 Å². The molecule has 14 heavy (non-hydrogen) atoms. The van der Waals surface area contributed by atoms with Crippen LogP contribution in [0, 0.1) is 0 Å². The van der Waals surface area contributed by atoms with Gasteiger partial charge in [0.1, 0.15) is 16.5 Å². The normalized spacial score (nSPS) is 13.4. The van der Waals surface area contributed by atoms with Crippen LogP contribution in [0.2, 0.25) is 45.6 Å². The summed E-state index contributed by atoms with van der Waals surface area (Å²) in [6.45, 7) is 17.0. The third-order valence-corrected chi connectivity index (χ3v) is 9.60. The Morgan fingerprint density at radius 1 is 0.929 bits per heavy atom. The number of nitrogens with zero attached hydrogens (tertiary/aromatic N) is 1. The van der Waals surface area contributed by atoms with Crippen molar-refractivity contribution in [1.82, 2.24) is 4.14 Å². The zero-order valence-electron chi connectivity index (χ0n) is 11.1. The van der Waals surface area contributed by atoms with E-state index in [2.05, 4.69) is 57.8 Å². The Bertz CT molecular complexity index is 146. The fourth-order valence-electron chi connectivity index (χ4n) is 1.98. The van der Waals surface area contributed by atoms with E-state index in [4.69, 9.17) is 0 Å². The predicted octanol–water partition coefficient (Wildman–Crippen LogP) is 3.80. The summed E-state index contributed by atoms with van der Waals surface area (Å²) in [6.07, 6.45) is 3.91. The van der Waals surface area contributed by atoms with Crippen LogP contribution >= 0.6 is 0 Å². The van der Waals surface area contributed by atoms with Gasteiger partial charge in [-0.2, -0.15) is 0 Å². The topological polar surface area (TPSA) is 3.24 Å². The SMILES string of the molecule is CCCC[B]N([Si](C)(C)C)[Si](C)(C)C. The standard InChI is InChI=1S/C10H27BNSi2/c1-8-9-10-11-12(13(2,3)4)14(5,6)7/h8-10H2,1-7H3. The molecule has 0 aromatic carbocycles. The zero-order valence-corrected chi connectivity index (χ0v) is 13.1. The minimum absolute atomic E-state index is 1.13. The quantitative estimate of drug-likeness (QED) is 0.494. The van der Waals surface area contributed by atoms with Gasteiger partial charge in [-0.05, 0) is 0 Å². The van der Waals surface area contributed by atoms with Crippen molar-refractivity contribution in [3.8, 4) is 0 Å². The number of rotatable bonds is 6. The van der Waals surface area contributed by atoms with Crippen LogP contribution in [0.15, 0.2) is 0 Å². The molecule has 1 nitrogen and oxygen atoms in total. The molecule has 0 heterocycles. The summed E-state index contributed by atoms with van der Waals surface area (Å²) in [5, 5.41) is 0. The molecule has 0 unspecified atom stereocenters. The molecule has 0 saturated heterocycles. The predicted molar refractivity (Wildman–Crippen MR) is 74.0 cm³/mol. The van der Waals surface area contributed by atoms with E-state index in [1.54, 1.807) is 0 Å². The largest absolute Gasteiger partial charge is 0.392 e. The molecule has 0 bridgehead atoms. The van der Waals surface area contributed by atoms with Crippen LogP contribution in [0.1, 0.15) is 19.8 Å². The molecule has 0 aliphatic rings. The lowest BCUT2D eigenvalue weighted by Gasteiger charge is -2.44. The van der Waals surface area contributed by atoms with Crippen molar-refractivity contribution in [1.29, 1.82) is 0 Å². The van der Waals surface area contributed by atoms with E-state index in [-0.39, 0.29) is 0 Å². The maximum Gasteiger partial charge on any atom is 0.193 e. The first-order chi connectivity index (χ1) is 6.19. The third-order valence-electron chi connectivity index (χ3n) is 2.31. The molecule has 0 amide bonds. The van der Waals surface area contributed by atoms with Gasteiger partial charge in [0.25, 0.3) is 0 Å². The lowest BCUT2D eigenvalue weighted by Crippen LogP contribution is -2.60. The van der Waals surface area contributed by atoms with Gasteiger partial charge >= 0.3 is 0 Å². The van der Waals surface area contributed by atoms with Crippen LogP contribution < -0.4 is 0 Å². The highest BCUT2D eigenvalue weighted by Crippen LogP contribution is 2.19. The Labute approximate surface area is 93.7 Å². The molecule has 0 atom stereocenters. The molecule has 0 rings (SSSR count). The highest BCUT2D eigenvalue weighted by Gasteiger charge is 2.33. The number of unbranched alkanes of at least 4 members (excludes halogenated alkanes) is 1. The minimum atomic E-state index is -1.13. The smallest absolute Gasteiger partial charge is 0.193 e. The fourth-order valence-corrected chi connectivity index (χ4v) is 11.4. The van der Waals surface area contributed by atoms with E-state index < -0.39 is 16.5 Å². The lowest BCUT2D eigenvalue weighted by molar-refractivity contribution is 0.847. The van der Waals surface area contributed by atoms with Gasteiger partial charge in [-0.3, -0.25) is 0 Å². The van der Waals surface area contributed by atoms with E-state index in [9.17, 15) is 0 Å². The molecule has 0 aromatic heterocycles. The molecule has 0 aliphatic heterocycles. The Morgan fingerprint density at radius 2 is 1.36 bits per heavy atom. The monoisotopic (exact) mass is 228 g/mol. The van der Waals surface area contributed by atoms with E-state index in [1.165, 1.54) is 19.2 Å². The highest BCUT2D eigenvalue weighted by molar-refractivity contribution is 6.96. The second-order valence-corrected chi connectivity index (χ2v) is 16.1. The first-order valence-electron chi connectivity index (χ1n) is 5.82. The van der Waals surface area contributed by atoms with Crippen LogP contribution in [-0.2, 0) is 0 Å². The van der Waals surface area contributed by atoms with E-state index in [1.807, 2.05) is 0 Å². The van der Waals surface area contributed by atoms with Gasteiger partial charge < -0.3 is 4.14 Å². The van der Waals surface area contributed by atoms with Gasteiger partial charge in [0.2, 0.25) is 0 Å². The Morgan fingerprint density at radius 3 is 1.64 bits per heavy atom. The maximum absolute atomic E-state index is 2.76. The molecule has 0 N–H and O–H groups in total. The van der Waals surface area contributed by atoms with Crippen molar-refractivity contribution in [2.75, 3.05) is 0 Å². The van der Waals surface area contributed by atoms with Crippen molar-refractivity contribution >= 4 is 23.9 Å². The van der Waals surface area contributed by atoms with Gasteiger partial charge in [-0.1, -0.05) is 65.4 Å². The average Bonchev–Trinajstić information content (AvgIpc) is 1.92. The summed E-state index contributed by atoms with van der Waals surface area (Å²) in [6, 6.07) is 0. The van der Waals surface area contributed by atoms with Gasteiger partial charge in [0.15, 0.2) is 7.41 Å². The summed E-state index contributed by atoms with van der Waals surface area (Å²) in [4.78, 5) is 0. The summed E-state index contributed by atoms with van der Waals surface area (Å²) < 4.78 is 2.76. The van der Waals surface area contributed by atoms with Crippen LogP contribution in [0.5, 0.6) is 0 Å². The van der Waals surface area contributed by atoms with Crippen LogP contribution in [0.3, 0.4) is 0 Å². The van der Waals surface area contributed by atoms with E-state index in [0.29, 0.717) is 0 Å². The molecule has 4 heteroatoms. The third kappa shape index (κ3) is 5.37. The van der Waals surface area contributed by atoms with Crippen molar-refractivity contribution < 1.29 is 0 Å². The molecular formula is C10H27BNSi2. The Kier molecular flexibility index (Phi) is 5.70. The summed E-state index contributed by atoms with van der Waals surface area (Å²) in [7, 11) is 0.237. The van der Waals surface area contributed by atoms with Crippen molar-refractivity contribution in [3.63, 3.8) is 0 Å². The van der Waals surface area contributed by atoms with Gasteiger partial charge in [0.05, 0.1) is 0 Å². The number of hydrogen-bond acceptors (Lipinski definition) is 1. The molecule has 0 aromatic rings. The average molecular weight is 228 g/mol. The van der Waals surface area contributed by atoms with E-state index >= 15 is 0 Å². The molecule has 0 fully saturated rings. The van der Waals surface area contributed by atoms with E-state index in [0.717, 1.165) is 0 Å². The summed E-state index contributed by atoms with van der Waals surface area (Å²) in [5.74, 6) is 0. The zero-order chi connectivity index (χ0) is 11.4. The minimum Gasteiger partial charge on any atom is -0.392 e. The first-order valence-corrected chi connectivity index (χ1v) is 12.7. The highest BCUT2D eigenvalue weighted by atomic mass is 28.4. The molecule has 83 valence electrons. The van der Waals surface area contributed by atoms with Crippen LogP contribution in [0.25, 0.3) is 0 Å². The van der Waals surface area contributed by atoms with Crippen LogP contribution in [-0.4, -0.2) is 28.0 Å². The molecule has 0 saturated carbocycles. The molecule has 1 radical (unpaired) electrons. The second kappa shape index (κ2) is 5.52. The molecular weight excluding hydrogens is 201 g/mol. The van der Waals surface area contributed by atoms with Gasteiger partial charge in [-0.15, -0.1) is 0 Å². The Balaban J connectivity index is 4.28. The molecule has 0 aliphatic carbocycles.